The molecule has 6 heteroatoms. The largest absolute Gasteiger partial charge is 0.497 e. The Morgan fingerprint density at radius 3 is 2.50 bits per heavy atom. The molecule has 0 aliphatic heterocycles. The minimum atomic E-state index is -0.676. The Balaban J connectivity index is 1.61. The van der Waals surface area contributed by atoms with Gasteiger partial charge in [0.1, 0.15) is 30.0 Å². The monoisotopic (exact) mass is 401 g/mol. The van der Waals surface area contributed by atoms with Crippen molar-refractivity contribution in [2.24, 2.45) is 0 Å². The van der Waals surface area contributed by atoms with Gasteiger partial charge >= 0.3 is 0 Å². The highest BCUT2D eigenvalue weighted by Gasteiger charge is 2.15. The molecular weight excluding hydrogens is 378 g/mol. The summed E-state index contributed by atoms with van der Waals surface area (Å²) in [6, 6.07) is 18.9. The smallest absolute Gasteiger partial charge is 0.138 e. The van der Waals surface area contributed by atoms with E-state index in [0.717, 1.165) is 17.1 Å². The van der Waals surface area contributed by atoms with Crippen LogP contribution in [0.15, 0.2) is 71.3 Å². The molecule has 0 aliphatic rings. The lowest BCUT2D eigenvalue weighted by molar-refractivity contribution is 0.0605. The number of rotatable bonds is 10. The van der Waals surface area contributed by atoms with Crippen molar-refractivity contribution >= 4 is 11.6 Å². The summed E-state index contributed by atoms with van der Waals surface area (Å²) in [7, 11) is 1.65. The molecule has 0 bridgehead atoms. The minimum absolute atomic E-state index is 0.154. The number of aliphatic hydroxyl groups is 1. The Kier molecular flexibility index (Phi) is 7.37. The zero-order valence-corrected chi connectivity index (χ0v) is 16.5. The van der Waals surface area contributed by atoms with Crippen LogP contribution in [0, 0.1) is 0 Å². The Morgan fingerprint density at radius 1 is 1.04 bits per heavy atom. The number of hydrogen-bond acceptors (Lipinski definition) is 5. The summed E-state index contributed by atoms with van der Waals surface area (Å²) >= 11 is 6.10. The third kappa shape index (κ3) is 6.02. The fraction of sp³-hybridized carbons (Fsp3) is 0.273. The molecule has 0 spiro atoms. The summed E-state index contributed by atoms with van der Waals surface area (Å²) < 4.78 is 16.4. The van der Waals surface area contributed by atoms with Gasteiger partial charge < -0.3 is 19.0 Å². The van der Waals surface area contributed by atoms with Gasteiger partial charge in [-0.05, 0) is 42.0 Å². The van der Waals surface area contributed by atoms with Gasteiger partial charge in [0.2, 0.25) is 0 Å². The molecular formula is C22H24ClNO4. The second-order valence-electron chi connectivity index (χ2n) is 6.49. The molecule has 0 fully saturated rings. The van der Waals surface area contributed by atoms with Crippen LogP contribution in [-0.2, 0) is 13.1 Å². The molecule has 1 unspecified atom stereocenters. The van der Waals surface area contributed by atoms with Gasteiger partial charge in [-0.25, -0.2) is 0 Å². The maximum atomic E-state index is 10.5. The van der Waals surface area contributed by atoms with Gasteiger partial charge in [-0.3, -0.25) is 4.90 Å². The van der Waals surface area contributed by atoms with Gasteiger partial charge in [0.15, 0.2) is 0 Å². The van der Waals surface area contributed by atoms with E-state index in [-0.39, 0.29) is 6.61 Å². The van der Waals surface area contributed by atoms with Gasteiger partial charge in [0.05, 0.1) is 24.9 Å². The first-order valence-electron chi connectivity index (χ1n) is 9.07. The Bertz CT molecular complexity index is 836. The van der Waals surface area contributed by atoms with E-state index >= 15 is 0 Å². The maximum absolute atomic E-state index is 10.5. The quantitative estimate of drug-likeness (QED) is 0.546. The van der Waals surface area contributed by atoms with Crippen molar-refractivity contribution in [1.82, 2.24) is 4.90 Å². The van der Waals surface area contributed by atoms with E-state index in [2.05, 4.69) is 4.90 Å². The van der Waals surface area contributed by atoms with E-state index in [1.807, 2.05) is 48.5 Å². The molecule has 148 valence electrons. The SMILES string of the molecule is COc1ccc(CN(Cc2ccco2)CC(O)COc2ccccc2Cl)cc1. The van der Waals surface area contributed by atoms with E-state index in [9.17, 15) is 5.11 Å². The molecule has 1 atom stereocenters. The molecule has 0 amide bonds. The van der Waals surface area contributed by atoms with Gasteiger partial charge in [0, 0.05) is 13.1 Å². The molecule has 0 aliphatic carbocycles. The first-order valence-corrected chi connectivity index (χ1v) is 9.45. The standard InChI is InChI=1S/C22H24ClNO4/c1-26-19-10-8-17(9-11-19)13-24(15-20-5-4-12-27-20)14-18(25)16-28-22-7-3-2-6-21(22)23/h2-12,18,25H,13-16H2,1H3. The summed E-state index contributed by atoms with van der Waals surface area (Å²) in [5.74, 6) is 2.22. The van der Waals surface area contributed by atoms with Crippen molar-refractivity contribution in [2.75, 3.05) is 20.3 Å². The van der Waals surface area contributed by atoms with Gasteiger partial charge in [-0.1, -0.05) is 35.9 Å². The Hall–Kier alpha value is -2.47. The highest BCUT2D eigenvalue weighted by molar-refractivity contribution is 6.32. The predicted octanol–water partition coefficient (Wildman–Crippen LogP) is 4.38. The summed E-state index contributed by atoms with van der Waals surface area (Å²) in [6.45, 7) is 1.83. The van der Waals surface area contributed by atoms with Crippen LogP contribution in [0.2, 0.25) is 5.02 Å². The molecule has 3 aromatic rings. The fourth-order valence-corrected chi connectivity index (χ4v) is 3.09. The summed E-state index contributed by atoms with van der Waals surface area (Å²) in [6.07, 6.45) is 0.974. The van der Waals surface area contributed by atoms with Crippen molar-refractivity contribution in [3.63, 3.8) is 0 Å². The second kappa shape index (κ2) is 10.2. The average molecular weight is 402 g/mol. The molecule has 5 nitrogen and oxygen atoms in total. The Labute approximate surface area is 170 Å². The summed E-state index contributed by atoms with van der Waals surface area (Å²) in [5, 5.41) is 11.0. The van der Waals surface area contributed by atoms with Crippen LogP contribution in [0.5, 0.6) is 11.5 Å². The van der Waals surface area contributed by atoms with E-state index in [0.29, 0.717) is 30.4 Å². The zero-order chi connectivity index (χ0) is 19.8. The lowest BCUT2D eigenvalue weighted by Crippen LogP contribution is -2.35. The van der Waals surface area contributed by atoms with E-state index in [1.54, 1.807) is 25.5 Å². The van der Waals surface area contributed by atoms with Gasteiger partial charge in [-0.15, -0.1) is 0 Å². The third-order valence-corrected chi connectivity index (χ3v) is 4.57. The molecule has 2 aromatic carbocycles. The molecule has 0 radical (unpaired) electrons. The van der Waals surface area contributed by atoms with Crippen LogP contribution in [0.4, 0.5) is 0 Å². The number of hydrogen-bond donors (Lipinski definition) is 1. The first kappa shape index (κ1) is 20.3. The van der Waals surface area contributed by atoms with Crippen LogP contribution in [0.25, 0.3) is 0 Å². The third-order valence-electron chi connectivity index (χ3n) is 4.26. The van der Waals surface area contributed by atoms with Crippen molar-refractivity contribution in [3.8, 4) is 11.5 Å². The Morgan fingerprint density at radius 2 is 1.82 bits per heavy atom. The minimum Gasteiger partial charge on any atom is -0.497 e. The molecule has 1 aromatic heterocycles. The van der Waals surface area contributed by atoms with Crippen molar-refractivity contribution in [3.05, 3.63) is 83.3 Å². The first-order chi connectivity index (χ1) is 13.6. The molecule has 0 saturated carbocycles. The molecule has 1 heterocycles. The fourth-order valence-electron chi connectivity index (χ4n) is 2.90. The predicted molar refractivity (Wildman–Crippen MR) is 109 cm³/mol. The number of furan rings is 1. The molecule has 1 N–H and O–H groups in total. The number of halogens is 1. The van der Waals surface area contributed by atoms with Crippen LogP contribution in [0.1, 0.15) is 11.3 Å². The topological polar surface area (TPSA) is 55.1 Å². The van der Waals surface area contributed by atoms with Crippen LogP contribution in [0.3, 0.4) is 0 Å². The highest BCUT2D eigenvalue weighted by atomic mass is 35.5. The number of para-hydroxylation sites is 1. The van der Waals surface area contributed by atoms with Gasteiger partial charge in [0.25, 0.3) is 0 Å². The van der Waals surface area contributed by atoms with Crippen molar-refractivity contribution in [1.29, 1.82) is 0 Å². The van der Waals surface area contributed by atoms with Crippen molar-refractivity contribution < 1.29 is 19.0 Å². The molecule has 3 rings (SSSR count). The average Bonchev–Trinajstić information content (AvgIpc) is 3.21. The lowest BCUT2D eigenvalue weighted by atomic mass is 10.2. The zero-order valence-electron chi connectivity index (χ0n) is 15.8. The van der Waals surface area contributed by atoms with Crippen LogP contribution >= 0.6 is 11.6 Å². The van der Waals surface area contributed by atoms with Crippen LogP contribution in [-0.4, -0.2) is 36.4 Å². The van der Waals surface area contributed by atoms with Crippen molar-refractivity contribution in [2.45, 2.75) is 19.2 Å². The number of ether oxygens (including phenoxy) is 2. The van der Waals surface area contributed by atoms with Gasteiger partial charge in [-0.2, -0.15) is 0 Å². The van der Waals surface area contributed by atoms with E-state index < -0.39 is 6.10 Å². The number of methoxy groups -OCH3 is 1. The lowest BCUT2D eigenvalue weighted by Gasteiger charge is -2.24. The number of nitrogens with zero attached hydrogens (tertiary/aromatic N) is 1. The second-order valence-corrected chi connectivity index (χ2v) is 6.90. The highest BCUT2D eigenvalue weighted by Crippen LogP contribution is 2.23. The number of benzene rings is 2. The number of aliphatic hydroxyl groups excluding tert-OH is 1. The normalized spacial score (nSPS) is 12.1. The molecule has 28 heavy (non-hydrogen) atoms. The summed E-state index contributed by atoms with van der Waals surface area (Å²) in [4.78, 5) is 2.11. The maximum Gasteiger partial charge on any atom is 0.138 e. The molecule has 0 saturated heterocycles. The van der Waals surface area contributed by atoms with E-state index in [1.165, 1.54) is 0 Å². The van der Waals surface area contributed by atoms with E-state index in [4.69, 9.17) is 25.5 Å². The summed E-state index contributed by atoms with van der Waals surface area (Å²) in [5.41, 5.74) is 1.12. The van der Waals surface area contributed by atoms with Crippen LogP contribution < -0.4 is 9.47 Å².